The molecule has 6 heteroatoms. The summed E-state index contributed by atoms with van der Waals surface area (Å²) in [5.41, 5.74) is 3.05. The summed E-state index contributed by atoms with van der Waals surface area (Å²) in [4.78, 5) is 10.9. The second kappa shape index (κ2) is 6.19. The molecule has 1 aliphatic carbocycles. The highest BCUT2D eigenvalue weighted by Crippen LogP contribution is 2.53. The number of hydrogen-bond donors (Lipinski definition) is 1. The van der Waals surface area contributed by atoms with Crippen LogP contribution in [0.3, 0.4) is 0 Å². The van der Waals surface area contributed by atoms with Gasteiger partial charge in [0.15, 0.2) is 0 Å². The number of anilines is 1. The number of nitrogens with one attached hydrogen (secondary N) is 1. The van der Waals surface area contributed by atoms with Crippen LogP contribution in [0.4, 0.5) is 11.4 Å². The average molecular weight is 401 g/mol. The molecule has 0 spiro atoms. The topological polar surface area (TPSA) is 64.4 Å². The predicted molar refractivity (Wildman–Crippen MR) is 100 cm³/mol. The molecule has 2 aliphatic rings. The molecule has 0 amide bonds. The highest BCUT2D eigenvalue weighted by molar-refractivity contribution is 9.10. The average Bonchev–Trinajstić information content (AvgIpc) is 3.10. The first-order valence-electron chi connectivity index (χ1n) is 8.13. The Labute approximate surface area is 154 Å². The van der Waals surface area contributed by atoms with Gasteiger partial charge in [0.2, 0.25) is 0 Å². The molecule has 0 aromatic heterocycles. The minimum absolute atomic E-state index is 0.0670. The van der Waals surface area contributed by atoms with Crippen molar-refractivity contribution in [1.82, 2.24) is 0 Å². The fourth-order valence-electron chi connectivity index (χ4n) is 3.95. The van der Waals surface area contributed by atoms with Gasteiger partial charge in [0, 0.05) is 16.5 Å². The lowest BCUT2D eigenvalue weighted by molar-refractivity contribution is -0.385. The van der Waals surface area contributed by atoms with E-state index in [-0.39, 0.29) is 22.6 Å². The summed E-state index contributed by atoms with van der Waals surface area (Å²) >= 11 is 3.54. The summed E-state index contributed by atoms with van der Waals surface area (Å²) in [6, 6.07) is 11.6. The fraction of sp³-hybridized carbons (Fsp3) is 0.263. The Kier molecular flexibility index (Phi) is 4.00. The summed E-state index contributed by atoms with van der Waals surface area (Å²) in [5.74, 6) is 0.991. The van der Waals surface area contributed by atoms with Crippen molar-refractivity contribution in [1.29, 1.82) is 0 Å². The van der Waals surface area contributed by atoms with Crippen molar-refractivity contribution in [3.63, 3.8) is 0 Å². The molecule has 3 atom stereocenters. The molecule has 0 unspecified atom stereocenters. The van der Waals surface area contributed by atoms with Crippen LogP contribution >= 0.6 is 15.9 Å². The minimum atomic E-state index is -0.364. The smallest absolute Gasteiger partial charge is 0.273 e. The van der Waals surface area contributed by atoms with E-state index in [1.165, 1.54) is 11.6 Å². The van der Waals surface area contributed by atoms with E-state index in [0.29, 0.717) is 11.7 Å². The maximum atomic E-state index is 11.3. The van der Waals surface area contributed by atoms with Crippen LogP contribution in [0.15, 0.2) is 53.0 Å². The number of benzene rings is 2. The van der Waals surface area contributed by atoms with Gasteiger partial charge in [-0.15, -0.1) is 0 Å². The summed E-state index contributed by atoms with van der Waals surface area (Å²) in [6.45, 7) is 0. The van der Waals surface area contributed by atoms with Crippen LogP contribution in [0.5, 0.6) is 5.75 Å². The van der Waals surface area contributed by atoms with E-state index in [1.54, 1.807) is 13.2 Å². The normalized spacial score (nSPS) is 23.5. The molecule has 0 saturated heterocycles. The van der Waals surface area contributed by atoms with Crippen molar-refractivity contribution in [2.75, 3.05) is 12.4 Å². The van der Waals surface area contributed by atoms with Gasteiger partial charge < -0.3 is 10.1 Å². The monoisotopic (exact) mass is 400 g/mol. The highest BCUT2D eigenvalue weighted by atomic mass is 79.9. The van der Waals surface area contributed by atoms with Gasteiger partial charge in [-0.2, -0.15) is 0 Å². The lowest BCUT2D eigenvalue weighted by Crippen LogP contribution is -2.29. The lowest BCUT2D eigenvalue weighted by atomic mass is 9.76. The van der Waals surface area contributed by atoms with Gasteiger partial charge in [-0.1, -0.05) is 40.2 Å². The number of fused-ring (bicyclic) bond motifs is 3. The second-order valence-electron chi connectivity index (χ2n) is 6.40. The maximum absolute atomic E-state index is 11.3. The molecular formula is C19H17BrN2O3. The fourth-order valence-corrected chi connectivity index (χ4v) is 4.37. The number of nitro groups is 1. The Morgan fingerprint density at radius 2 is 2.16 bits per heavy atom. The number of hydrogen-bond acceptors (Lipinski definition) is 4. The second-order valence-corrected chi connectivity index (χ2v) is 7.32. The number of allylic oxidation sites excluding steroid dienone is 2. The number of nitro benzene ring substituents is 1. The number of non-ortho nitro benzene ring substituents is 1. The van der Waals surface area contributed by atoms with Crippen molar-refractivity contribution in [2.24, 2.45) is 5.92 Å². The Morgan fingerprint density at radius 1 is 1.32 bits per heavy atom. The van der Waals surface area contributed by atoms with E-state index < -0.39 is 0 Å². The quantitative estimate of drug-likeness (QED) is 0.437. The Morgan fingerprint density at radius 3 is 2.88 bits per heavy atom. The molecule has 0 saturated carbocycles. The first kappa shape index (κ1) is 16.1. The van der Waals surface area contributed by atoms with E-state index in [2.05, 4.69) is 45.5 Å². The third-order valence-electron chi connectivity index (χ3n) is 5.06. The lowest BCUT2D eigenvalue weighted by Gasteiger charge is -2.38. The van der Waals surface area contributed by atoms with Crippen LogP contribution in [0.1, 0.15) is 29.5 Å². The van der Waals surface area contributed by atoms with Gasteiger partial charge in [-0.05, 0) is 35.6 Å². The molecule has 5 nitrogen and oxygen atoms in total. The van der Waals surface area contributed by atoms with E-state index in [9.17, 15) is 10.1 Å². The van der Waals surface area contributed by atoms with Crippen molar-refractivity contribution in [2.45, 2.75) is 18.4 Å². The van der Waals surface area contributed by atoms with Gasteiger partial charge in [0.05, 0.1) is 29.8 Å². The van der Waals surface area contributed by atoms with Crippen molar-refractivity contribution < 1.29 is 9.66 Å². The zero-order valence-corrected chi connectivity index (χ0v) is 15.2. The third-order valence-corrected chi connectivity index (χ3v) is 5.55. The number of halogens is 1. The third kappa shape index (κ3) is 2.70. The van der Waals surface area contributed by atoms with Crippen molar-refractivity contribution in [3.8, 4) is 5.75 Å². The highest BCUT2D eigenvalue weighted by Gasteiger charge is 2.40. The number of rotatable bonds is 3. The standard InChI is InChI=1S/C19H17BrN2O3/c1-25-17-10-13(22(23)24)9-16-14-6-3-7-15(14)18(21-19(16)17)11-4-2-5-12(20)8-11/h2-6,8-10,14-15,18,21H,7H2,1H3/t14-,15+,18-/m0/s1. The summed E-state index contributed by atoms with van der Waals surface area (Å²) < 4.78 is 6.50. The molecule has 0 bridgehead atoms. The summed E-state index contributed by atoms with van der Waals surface area (Å²) in [7, 11) is 1.55. The van der Waals surface area contributed by atoms with Crippen LogP contribution < -0.4 is 10.1 Å². The molecule has 0 fully saturated rings. The van der Waals surface area contributed by atoms with Crippen molar-refractivity contribution >= 4 is 27.3 Å². The van der Waals surface area contributed by atoms with Crippen molar-refractivity contribution in [3.05, 3.63) is 74.3 Å². The number of nitrogens with zero attached hydrogens (tertiary/aromatic N) is 1. The first-order chi connectivity index (χ1) is 12.1. The summed E-state index contributed by atoms with van der Waals surface area (Å²) in [6.07, 6.45) is 5.28. The van der Waals surface area contributed by atoms with Crippen LogP contribution in [0.2, 0.25) is 0 Å². The molecule has 4 rings (SSSR count). The van der Waals surface area contributed by atoms with Crippen LogP contribution in [-0.4, -0.2) is 12.0 Å². The molecule has 25 heavy (non-hydrogen) atoms. The SMILES string of the molecule is COc1cc([N+](=O)[O-])cc2c1N[C@@H](c1cccc(Br)c1)[C@@H]1CC=C[C@H]21. The zero-order valence-electron chi connectivity index (χ0n) is 13.6. The van der Waals surface area contributed by atoms with Crippen LogP contribution in [-0.2, 0) is 0 Å². The number of methoxy groups -OCH3 is 1. The summed E-state index contributed by atoms with van der Waals surface area (Å²) in [5, 5.41) is 14.9. The molecule has 128 valence electrons. The maximum Gasteiger partial charge on any atom is 0.273 e. The van der Waals surface area contributed by atoms with Gasteiger partial charge >= 0.3 is 0 Å². The minimum Gasteiger partial charge on any atom is -0.494 e. The van der Waals surface area contributed by atoms with Crippen LogP contribution in [0.25, 0.3) is 0 Å². The largest absolute Gasteiger partial charge is 0.494 e. The molecule has 2 aromatic carbocycles. The molecular weight excluding hydrogens is 384 g/mol. The van der Waals surface area contributed by atoms with E-state index in [4.69, 9.17) is 4.74 Å². The predicted octanol–water partition coefficient (Wildman–Crippen LogP) is 5.19. The number of ether oxygens (including phenoxy) is 1. The van der Waals surface area contributed by atoms with Gasteiger partial charge in [-0.25, -0.2) is 0 Å². The first-order valence-corrected chi connectivity index (χ1v) is 8.93. The molecule has 1 heterocycles. The molecule has 0 radical (unpaired) electrons. The molecule has 2 aromatic rings. The Hall–Kier alpha value is -2.34. The van der Waals surface area contributed by atoms with E-state index >= 15 is 0 Å². The Bertz CT molecular complexity index is 881. The zero-order chi connectivity index (χ0) is 17.6. The van der Waals surface area contributed by atoms with E-state index in [1.807, 2.05) is 12.1 Å². The van der Waals surface area contributed by atoms with Crippen LogP contribution in [0, 0.1) is 16.0 Å². The molecule has 1 aliphatic heterocycles. The Balaban J connectivity index is 1.85. The molecule has 1 N–H and O–H groups in total. The van der Waals surface area contributed by atoms with Gasteiger partial charge in [-0.3, -0.25) is 10.1 Å². The van der Waals surface area contributed by atoms with E-state index in [0.717, 1.165) is 22.1 Å². The van der Waals surface area contributed by atoms with Gasteiger partial charge in [0.25, 0.3) is 5.69 Å². The van der Waals surface area contributed by atoms with Gasteiger partial charge in [0.1, 0.15) is 5.75 Å².